The largest absolute Gasteiger partial charge is 0.321 e. The Morgan fingerprint density at radius 3 is 2.35 bits per heavy atom. The predicted octanol–water partition coefficient (Wildman–Crippen LogP) is 4.16. The molecule has 1 amide bonds. The summed E-state index contributed by atoms with van der Waals surface area (Å²) >= 11 is 1.33. The summed E-state index contributed by atoms with van der Waals surface area (Å²) in [7, 11) is -3.25. The third-order valence-electron chi connectivity index (χ3n) is 3.87. The van der Waals surface area contributed by atoms with Crippen molar-refractivity contribution in [1.29, 1.82) is 0 Å². The van der Waals surface area contributed by atoms with Crippen molar-refractivity contribution in [1.82, 2.24) is 4.98 Å². The van der Waals surface area contributed by atoms with Gasteiger partial charge in [0.25, 0.3) is 5.91 Å². The Kier molecular flexibility index (Phi) is 5.20. The molecule has 0 aliphatic carbocycles. The summed E-state index contributed by atoms with van der Waals surface area (Å²) in [4.78, 5) is 17.8. The van der Waals surface area contributed by atoms with Gasteiger partial charge in [0.15, 0.2) is 9.84 Å². The van der Waals surface area contributed by atoms with E-state index < -0.39 is 9.84 Å². The number of nitrogens with one attached hydrogen (secondary N) is 1. The number of carbonyl (C=O) groups excluding carboxylic acids is 1. The fourth-order valence-corrected chi connectivity index (χ4v) is 4.26. The topological polar surface area (TPSA) is 76.1 Å². The number of hydrogen-bond acceptors (Lipinski definition) is 5. The van der Waals surface area contributed by atoms with Crippen LogP contribution >= 0.6 is 11.3 Å². The Balaban J connectivity index is 1.80. The van der Waals surface area contributed by atoms with E-state index in [0.717, 1.165) is 10.6 Å². The summed E-state index contributed by atoms with van der Waals surface area (Å²) in [5.74, 6) is -0.214. The number of aryl methyl sites for hydroxylation is 1. The number of thiazole rings is 1. The van der Waals surface area contributed by atoms with E-state index in [2.05, 4.69) is 10.3 Å². The average molecular weight is 386 g/mol. The van der Waals surface area contributed by atoms with Crippen molar-refractivity contribution in [2.24, 2.45) is 0 Å². The van der Waals surface area contributed by atoms with Crippen LogP contribution in [0.5, 0.6) is 0 Å². The van der Waals surface area contributed by atoms with Gasteiger partial charge in [-0.2, -0.15) is 0 Å². The summed E-state index contributed by atoms with van der Waals surface area (Å²) in [5, 5.41) is 3.59. The summed E-state index contributed by atoms with van der Waals surface area (Å²) in [6.45, 7) is 3.40. The number of rotatable bonds is 5. The molecule has 7 heteroatoms. The summed E-state index contributed by atoms with van der Waals surface area (Å²) < 4.78 is 23.7. The molecule has 134 valence electrons. The number of aromatic nitrogens is 1. The van der Waals surface area contributed by atoms with Crippen molar-refractivity contribution >= 4 is 32.8 Å². The normalized spacial score (nSPS) is 11.3. The van der Waals surface area contributed by atoms with E-state index in [0.29, 0.717) is 16.3 Å². The number of sulfone groups is 1. The number of benzene rings is 2. The van der Waals surface area contributed by atoms with Crippen LogP contribution < -0.4 is 5.32 Å². The molecule has 2 aromatic carbocycles. The molecule has 1 heterocycles. The van der Waals surface area contributed by atoms with E-state index in [1.807, 2.05) is 30.3 Å². The standard InChI is InChI=1S/C19H18N2O3S2/c1-3-26(23,24)16-11-9-15(10-12-16)21-18(22)17-13(2)20-19(25-17)14-7-5-4-6-8-14/h4-12H,3H2,1-2H3,(H,21,22). The second-order valence-electron chi connectivity index (χ2n) is 5.68. The van der Waals surface area contributed by atoms with Gasteiger partial charge in [-0.1, -0.05) is 37.3 Å². The number of carbonyl (C=O) groups is 1. The zero-order valence-corrected chi connectivity index (χ0v) is 16.0. The lowest BCUT2D eigenvalue weighted by atomic mass is 10.2. The third kappa shape index (κ3) is 3.84. The van der Waals surface area contributed by atoms with Gasteiger partial charge in [0.05, 0.1) is 16.3 Å². The van der Waals surface area contributed by atoms with Crippen LogP contribution in [0.2, 0.25) is 0 Å². The van der Waals surface area contributed by atoms with Crippen LogP contribution in [0.25, 0.3) is 10.6 Å². The molecule has 5 nitrogen and oxygen atoms in total. The Morgan fingerprint density at radius 1 is 1.08 bits per heavy atom. The van der Waals surface area contributed by atoms with Crippen LogP contribution in [0.3, 0.4) is 0 Å². The minimum atomic E-state index is -3.25. The molecule has 0 spiro atoms. The fourth-order valence-electron chi connectivity index (χ4n) is 2.41. The molecule has 3 rings (SSSR count). The molecule has 3 aromatic rings. The molecule has 26 heavy (non-hydrogen) atoms. The Hall–Kier alpha value is -2.51. The van der Waals surface area contributed by atoms with E-state index in [-0.39, 0.29) is 16.6 Å². The highest BCUT2D eigenvalue weighted by Crippen LogP contribution is 2.28. The van der Waals surface area contributed by atoms with Gasteiger partial charge in [-0.15, -0.1) is 11.3 Å². The molecule has 0 aliphatic heterocycles. The van der Waals surface area contributed by atoms with Crippen LogP contribution in [-0.2, 0) is 9.84 Å². The molecule has 0 unspecified atom stereocenters. The molecule has 0 saturated heterocycles. The maximum absolute atomic E-state index is 12.6. The Labute approximate surface area is 156 Å². The molecular formula is C19H18N2O3S2. The van der Waals surface area contributed by atoms with Gasteiger partial charge in [0, 0.05) is 11.3 Å². The summed E-state index contributed by atoms with van der Waals surface area (Å²) in [5.41, 5.74) is 2.17. The SMILES string of the molecule is CCS(=O)(=O)c1ccc(NC(=O)c2sc(-c3ccccc3)nc2C)cc1. The Bertz CT molecular complexity index is 1020. The van der Waals surface area contributed by atoms with Gasteiger partial charge in [-0.3, -0.25) is 4.79 Å². The number of anilines is 1. The average Bonchev–Trinajstić information content (AvgIpc) is 3.05. The molecule has 0 atom stereocenters. The van der Waals surface area contributed by atoms with Crippen molar-refractivity contribution in [2.75, 3.05) is 11.1 Å². The minimum Gasteiger partial charge on any atom is -0.321 e. The fraction of sp³-hybridized carbons (Fsp3) is 0.158. The highest BCUT2D eigenvalue weighted by molar-refractivity contribution is 7.91. The molecule has 0 aliphatic rings. The van der Waals surface area contributed by atoms with Crippen LogP contribution in [0.4, 0.5) is 5.69 Å². The minimum absolute atomic E-state index is 0.0427. The van der Waals surface area contributed by atoms with Gasteiger partial charge in [0.2, 0.25) is 0 Å². The van der Waals surface area contributed by atoms with E-state index in [4.69, 9.17) is 0 Å². The zero-order chi connectivity index (χ0) is 18.7. The molecule has 0 saturated carbocycles. The van der Waals surface area contributed by atoms with Crippen molar-refractivity contribution in [3.05, 3.63) is 65.2 Å². The van der Waals surface area contributed by atoms with E-state index in [1.54, 1.807) is 26.0 Å². The predicted molar refractivity (Wildman–Crippen MR) is 104 cm³/mol. The van der Waals surface area contributed by atoms with Gasteiger partial charge in [-0.05, 0) is 31.2 Å². The first-order valence-corrected chi connectivity index (χ1v) is 10.5. The van der Waals surface area contributed by atoms with Crippen LogP contribution in [-0.4, -0.2) is 25.1 Å². The molecule has 0 fully saturated rings. The molecule has 1 N–H and O–H groups in total. The number of hydrogen-bond donors (Lipinski definition) is 1. The quantitative estimate of drug-likeness (QED) is 0.714. The first-order valence-electron chi connectivity index (χ1n) is 8.07. The third-order valence-corrected chi connectivity index (χ3v) is 6.83. The smallest absolute Gasteiger partial charge is 0.267 e. The number of nitrogens with zero attached hydrogens (tertiary/aromatic N) is 1. The lowest BCUT2D eigenvalue weighted by Gasteiger charge is -2.06. The van der Waals surface area contributed by atoms with Gasteiger partial charge < -0.3 is 5.32 Å². The van der Waals surface area contributed by atoms with Crippen LogP contribution in [0, 0.1) is 6.92 Å². The van der Waals surface area contributed by atoms with E-state index in [9.17, 15) is 13.2 Å². The zero-order valence-electron chi connectivity index (χ0n) is 14.4. The van der Waals surface area contributed by atoms with E-state index in [1.165, 1.54) is 23.5 Å². The summed E-state index contributed by atoms with van der Waals surface area (Å²) in [6, 6.07) is 15.9. The van der Waals surface area contributed by atoms with Crippen molar-refractivity contribution in [3.63, 3.8) is 0 Å². The lowest BCUT2D eigenvalue weighted by Crippen LogP contribution is -2.11. The molecule has 0 radical (unpaired) electrons. The molecule has 0 bridgehead atoms. The Morgan fingerprint density at radius 2 is 1.73 bits per heavy atom. The van der Waals surface area contributed by atoms with Gasteiger partial charge in [-0.25, -0.2) is 13.4 Å². The van der Waals surface area contributed by atoms with Gasteiger partial charge in [0.1, 0.15) is 9.88 Å². The monoisotopic (exact) mass is 386 g/mol. The lowest BCUT2D eigenvalue weighted by molar-refractivity contribution is 0.103. The number of amides is 1. The molecular weight excluding hydrogens is 368 g/mol. The molecule has 1 aromatic heterocycles. The summed E-state index contributed by atoms with van der Waals surface area (Å²) in [6.07, 6.45) is 0. The highest BCUT2D eigenvalue weighted by atomic mass is 32.2. The van der Waals surface area contributed by atoms with Crippen molar-refractivity contribution < 1.29 is 13.2 Å². The van der Waals surface area contributed by atoms with Crippen LogP contribution in [0.1, 0.15) is 22.3 Å². The van der Waals surface area contributed by atoms with Crippen molar-refractivity contribution in [3.8, 4) is 10.6 Å². The van der Waals surface area contributed by atoms with Crippen molar-refractivity contribution in [2.45, 2.75) is 18.7 Å². The second-order valence-corrected chi connectivity index (χ2v) is 8.96. The second kappa shape index (κ2) is 7.39. The first kappa shape index (κ1) is 18.3. The van der Waals surface area contributed by atoms with E-state index >= 15 is 0 Å². The first-order chi connectivity index (χ1) is 12.4. The van der Waals surface area contributed by atoms with Gasteiger partial charge >= 0.3 is 0 Å². The maximum Gasteiger partial charge on any atom is 0.267 e. The maximum atomic E-state index is 12.6. The van der Waals surface area contributed by atoms with Crippen LogP contribution in [0.15, 0.2) is 59.5 Å². The highest BCUT2D eigenvalue weighted by Gasteiger charge is 2.17.